The fourth-order valence-corrected chi connectivity index (χ4v) is 2.17. The van der Waals surface area contributed by atoms with Gasteiger partial charge in [-0.05, 0) is 18.4 Å². The molecule has 20 heavy (non-hydrogen) atoms. The third kappa shape index (κ3) is 2.88. The van der Waals surface area contributed by atoms with Crippen molar-refractivity contribution in [2.24, 2.45) is 0 Å². The van der Waals surface area contributed by atoms with Gasteiger partial charge in [-0.25, -0.2) is 4.98 Å². The predicted octanol–water partition coefficient (Wildman–Crippen LogP) is 1.73. The third-order valence-corrected chi connectivity index (χ3v) is 3.08. The summed E-state index contributed by atoms with van der Waals surface area (Å²) >= 11 is 0. The second-order valence-corrected chi connectivity index (χ2v) is 4.86. The van der Waals surface area contributed by atoms with Gasteiger partial charge in [0.1, 0.15) is 11.5 Å². The van der Waals surface area contributed by atoms with Crippen LogP contribution in [0.15, 0.2) is 30.3 Å². The second kappa shape index (κ2) is 5.88. The molecule has 106 valence electrons. The molecular formula is C15H19N3O2. The van der Waals surface area contributed by atoms with Crippen molar-refractivity contribution in [1.82, 2.24) is 9.88 Å². The SMILES string of the molecule is CNc1nc(C(=O)N(C)CC(C)O)cc2ccccc12. The molecule has 1 aromatic heterocycles. The van der Waals surface area contributed by atoms with Crippen LogP contribution in [0.3, 0.4) is 0 Å². The Kier molecular flexibility index (Phi) is 4.20. The first-order valence-electron chi connectivity index (χ1n) is 6.54. The minimum atomic E-state index is -0.562. The molecule has 2 aromatic rings. The standard InChI is InChI=1S/C15H19N3O2/c1-10(19)9-18(3)15(20)13-8-11-6-4-5-7-12(11)14(16-2)17-13/h4-8,10,19H,9H2,1-3H3,(H,16,17). The van der Waals surface area contributed by atoms with E-state index in [4.69, 9.17) is 0 Å². The summed E-state index contributed by atoms with van der Waals surface area (Å²) in [5, 5.41) is 14.3. The van der Waals surface area contributed by atoms with Gasteiger partial charge < -0.3 is 15.3 Å². The van der Waals surface area contributed by atoms with Crippen molar-refractivity contribution in [3.05, 3.63) is 36.0 Å². The van der Waals surface area contributed by atoms with E-state index in [1.54, 1.807) is 27.1 Å². The minimum absolute atomic E-state index is 0.201. The topological polar surface area (TPSA) is 65.5 Å². The van der Waals surface area contributed by atoms with E-state index in [-0.39, 0.29) is 12.5 Å². The zero-order valence-corrected chi connectivity index (χ0v) is 11.9. The van der Waals surface area contributed by atoms with Crippen LogP contribution in [0.4, 0.5) is 5.82 Å². The van der Waals surface area contributed by atoms with Gasteiger partial charge in [-0.3, -0.25) is 4.79 Å². The Morgan fingerprint density at radius 2 is 2.15 bits per heavy atom. The van der Waals surface area contributed by atoms with Crippen molar-refractivity contribution >= 4 is 22.5 Å². The highest BCUT2D eigenvalue weighted by molar-refractivity contribution is 6.00. The van der Waals surface area contributed by atoms with Gasteiger partial charge in [0.25, 0.3) is 5.91 Å². The number of aliphatic hydroxyl groups excluding tert-OH is 1. The van der Waals surface area contributed by atoms with E-state index in [1.807, 2.05) is 24.3 Å². The molecule has 2 rings (SSSR count). The molecule has 0 aliphatic heterocycles. The number of aliphatic hydroxyl groups is 1. The molecule has 0 saturated carbocycles. The Balaban J connectivity index is 2.42. The first kappa shape index (κ1) is 14.3. The molecule has 1 amide bonds. The molecule has 2 N–H and O–H groups in total. The molecule has 0 aliphatic rings. The van der Waals surface area contributed by atoms with Crippen molar-refractivity contribution in [1.29, 1.82) is 0 Å². The number of benzene rings is 1. The number of fused-ring (bicyclic) bond motifs is 1. The van der Waals surface area contributed by atoms with Crippen LogP contribution in [-0.4, -0.2) is 47.6 Å². The molecule has 0 saturated heterocycles. The molecular weight excluding hydrogens is 254 g/mol. The van der Waals surface area contributed by atoms with Gasteiger partial charge in [-0.15, -0.1) is 0 Å². The molecule has 1 heterocycles. The van der Waals surface area contributed by atoms with Gasteiger partial charge >= 0.3 is 0 Å². The average Bonchev–Trinajstić information content (AvgIpc) is 2.44. The Bertz CT molecular complexity index is 626. The molecule has 0 radical (unpaired) electrons. The fraction of sp³-hybridized carbons (Fsp3) is 0.333. The summed E-state index contributed by atoms with van der Waals surface area (Å²) in [5.74, 6) is 0.477. The van der Waals surface area contributed by atoms with Crippen molar-refractivity contribution in [2.45, 2.75) is 13.0 Å². The van der Waals surface area contributed by atoms with E-state index in [9.17, 15) is 9.90 Å². The highest BCUT2D eigenvalue weighted by Crippen LogP contribution is 2.22. The van der Waals surface area contributed by atoms with Crippen molar-refractivity contribution in [3.63, 3.8) is 0 Å². The lowest BCUT2D eigenvalue weighted by Gasteiger charge is -2.19. The number of rotatable bonds is 4. The second-order valence-electron chi connectivity index (χ2n) is 4.86. The van der Waals surface area contributed by atoms with Crippen molar-refractivity contribution in [3.8, 4) is 0 Å². The lowest BCUT2D eigenvalue weighted by atomic mass is 10.1. The number of nitrogens with zero attached hydrogens (tertiary/aromatic N) is 2. The molecule has 0 bridgehead atoms. The van der Waals surface area contributed by atoms with Crippen molar-refractivity contribution < 1.29 is 9.90 Å². The molecule has 0 fully saturated rings. The van der Waals surface area contributed by atoms with Gasteiger partial charge in [0, 0.05) is 26.0 Å². The summed E-state index contributed by atoms with van der Waals surface area (Å²) in [6.45, 7) is 1.93. The number of carbonyl (C=O) groups excluding carboxylic acids is 1. The maximum atomic E-state index is 12.3. The van der Waals surface area contributed by atoms with Crippen LogP contribution in [0.1, 0.15) is 17.4 Å². The number of amides is 1. The Labute approximate surface area is 118 Å². The van der Waals surface area contributed by atoms with Gasteiger partial charge in [-0.2, -0.15) is 0 Å². The highest BCUT2D eigenvalue weighted by atomic mass is 16.3. The summed E-state index contributed by atoms with van der Waals surface area (Å²) in [7, 11) is 3.44. The molecule has 0 aliphatic carbocycles. The van der Waals surface area contributed by atoms with E-state index in [0.717, 1.165) is 10.8 Å². The van der Waals surface area contributed by atoms with Gasteiger partial charge in [-0.1, -0.05) is 24.3 Å². The first-order valence-corrected chi connectivity index (χ1v) is 6.54. The number of anilines is 1. The normalized spacial score (nSPS) is 12.2. The summed E-state index contributed by atoms with van der Waals surface area (Å²) in [5.41, 5.74) is 0.371. The minimum Gasteiger partial charge on any atom is -0.392 e. The number of likely N-dealkylation sites (N-methyl/N-ethyl adjacent to an activating group) is 1. The smallest absolute Gasteiger partial charge is 0.272 e. The van der Waals surface area contributed by atoms with Crippen LogP contribution >= 0.6 is 0 Å². The zero-order chi connectivity index (χ0) is 14.7. The summed E-state index contributed by atoms with van der Waals surface area (Å²) in [6, 6.07) is 9.55. The Morgan fingerprint density at radius 1 is 1.45 bits per heavy atom. The molecule has 1 atom stereocenters. The Hall–Kier alpha value is -2.14. The van der Waals surface area contributed by atoms with E-state index in [2.05, 4.69) is 10.3 Å². The number of hydrogen-bond acceptors (Lipinski definition) is 4. The number of carbonyl (C=O) groups is 1. The first-order chi connectivity index (χ1) is 9.52. The van der Waals surface area contributed by atoms with Crippen molar-refractivity contribution in [2.75, 3.05) is 26.0 Å². The van der Waals surface area contributed by atoms with E-state index in [1.165, 1.54) is 4.90 Å². The number of aromatic nitrogens is 1. The van der Waals surface area contributed by atoms with E-state index >= 15 is 0 Å². The van der Waals surface area contributed by atoms with Gasteiger partial charge in [0.15, 0.2) is 0 Å². The molecule has 0 spiro atoms. The molecule has 5 nitrogen and oxygen atoms in total. The summed E-state index contributed by atoms with van der Waals surface area (Å²) in [4.78, 5) is 18.2. The summed E-state index contributed by atoms with van der Waals surface area (Å²) < 4.78 is 0. The average molecular weight is 273 g/mol. The molecule has 1 aromatic carbocycles. The lowest BCUT2D eigenvalue weighted by Crippen LogP contribution is -2.33. The van der Waals surface area contributed by atoms with Crippen LogP contribution in [-0.2, 0) is 0 Å². The van der Waals surface area contributed by atoms with Crippen LogP contribution in [0.25, 0.3) is 10.8 Å². The van der Waals surface area contributed by atoms with E-state index < -0.39 is 6.10 Å². The summed E-state index contributed by atoms with van der Waals surface area (Å²) in [6.07, 6.45) is -0.562. The van der Waals surface area contributed by atoms with E-state index in [0.29, 0.717) is 11.5 Å². The number of hydrogen-bond donors (Lipinski definition) is 2. The van der Waals surface area contributed by atoms with Gasteiger partial charge in [0.2, 0.25) is 0 Å². The number of nitrogens with one attached hydrogen (secondary N) is 1. The fourth-order valence-electron chi connectivity index (χ4n) is 2.17. The highest BCUT2D eigenvalue weighted by Gasteiger charge is 2.16. The predicted molar refractivity (Wildman–Crippen MR) is 79.9 cm³/mol. The van der Waals surface area contributed by atoms with Crippen LogP contribution < -0.4 is 5.32 Å². The quantitative estimate of drug-likeness (QED) is 0.890. The lowest BCUT2D eigenvalue weighted by molar-refractivity contribution is 0.0698. The molecule has 1 unspecified atom stereocenters. The Morgan fingerprint density at radius 3 is 2.80 bits per heavy atom. The maximum absolute atomic E-state index is 12.3. The molecule has 5 heteroatoms. The van der Waals surface area contributed by atoms with Crippen LogP contribution in [0, 0.1) is 0 Å². The maximum Gasteiger partial charge on any atom is 0.272 e. The monoisotopic (exact) mass is 273 g/mol. The van der Waals surface area contributed by atoms with Gasteiger partial charge in [0.05, 0.1) is 6.10 Å². The largest absolute Gasteiger partial charge is 0.392 e. The zero-order valence-electron chi connectivity index (χ0n) is 11.9. The van der Waals surface area contributed by atoms with Crippen LogP contribution in [0.5, 0.6) is 0 Å². The third-order valence-electron chi connectivity index (χ3n) is 3.08. The number of pyridine rings is 1. The van der Waals surface area contributed by atoms with Crippen LogP contribution in [0.2, 0.25) is 0 Å².